The number of rotatable bonds is 15. The van der Waals surface area contributed by atoms with Gasteiger partial charge < -0.3 is 20.7 Å². The van der Waals surface area contributed by atoms with Gasteiger partial charge in [-0.3, -0.25) is 9.59 Å². The van der Waals surface area contributed by atoms with Gasteiger partial charge in [-0.15, -0.1) is 0 Å². The summed E-state index contributed by atoms with van der Waals surface area (Å²) in [7, 11) is 1.54. The number of unbranched alkanes of at least 4 members (excludes halogenated alkanes) is 5. The zero-order valence-corrected chi connectivity index (χ0v) is 20.9. The number of thioether (sulfide) groups is 1. The van der Waals surface area contributed by atoms with Crippen LogP contribution < -0.4 is 20.7 Å². The Bertz CT molecular complexity index is 872. The van der Waals surface area contributed by atoms with Crippen molar-refractivity contribution in [1.82, 2.24) is 5.32 Å². The maximum atomic E-state index is 12.8. The van der Waals surface area contributed by atoms with Crippen LogP contribution in [0.3, 0.4) is 0 Å². The van der Waals surface area contributed by atoms with Crippen LogP contribution in [0.2, 0.25) is 0 Å². The first-order chi connectivity index (χ1) is 16.1. The highest BCUT2D eigenvalue weighted by Crippen LogP contribution is 2.26. The molecule has 0 fully saturated rings. The van der Waals surface area contributed by atoms with E-state index in [1.54, 1.807) is 42.1 Å². The number of carbonyl (C=O) groups is 2. The van der Waals surface area contributed by atoms with Gasteiger partial charge in [0.05, 0.1) is 12.8 Å². The zero-order chi connectivity index (χ0) is 23.9. The third-order valence-corrected chi connectivity index (χ3v) is 5.92. The molecule has 0 aliphatic rings. The number of hydrogen-bond donors (Lipinski definition) is 3. The van der Waals surface area contributed by atoms with Crippen LogP contribution in [0.15, 0.2) is 42.5 Å². The van der Waals surface area contributed by atoms with Crippen molar-refractivity contribution in [2.45, 2.75) is 45.4 Å². The van der Waals surface area contributed by atoms with Crippen molar-refractivity contribution in [3.63, 3.8) is 0 Å². The number of ether oxygens (including phenoxy) is 1. The zero-order valence-electron chi connectivity index (χ0n) is 20.0. The third-order valence-electron chi connectivity index (χ3n) is 5.31. The summed E-state index contributed by atoms with van der Waals surface area (Å²) >= 11 is 1.67. The normalized spacial score (nSPS) is 10.5. The molecule has 0 heterocycles. The van der Waals surface area contributed by atoms with Crippen LogP contribution in [0, 0.1) is 0 Å². The second kappa shape index (κ2) is 15.2. The lowest BCUT2D eigenvalue weighted by atomic mass is 10.1. The molecule has 0 radical (unpaired) electrons. The molecular weight excluding hydrogens is 434 g/mol. The van der Waals surface area contributed by atoms with Gasteiger partial charge >= 0.3 is 0 Å². The van der Waals surface area contributed by atoms with Crippen molar-refractivity contribution in [3.8, 4) is 5.75 Å². The van der Waals surface area contributed by atoms with E-state index in [4.69, 9.17) is 4.74 Å². The Morgan fingerprint density at radius 1 is 0.879 bits per heavy atom. The highest BCUT2D eigenvalue weighted by atomic mass is 32.2. The molecule has 7 heteroatoms. The van der Waals surface area contributed by atoms with E-state index in [0.717, 1.165) is 24.4 Å². The molecule has 2 aromatic carbocycles. The molecule has 0 spiro atoms. The Morgan fingerprint density at radius 2 is 1.58 bits per heavy atom. The van der Waals surface area contributed by atoms with Crippen LogP contribution in [0.1, 0.15) is 66.2 Å². The van der Waals surface area contributed by atoms with E-state index in [1.807, 2.05) is 18.4 Å². The van der Waals surface area contributed by atoms with E-state index in [9.17, 15) is 9.59 Å². The lowest BCUT2D eigenvalue weighted by molar-refractivity contribution is 0.0954. The van der Waals surface area contributed by atoms with Gasteiger partial charge in [-0.1, -0.05) is 39.0 Å². The van der Waals surface area contributed by atoms with Crippen molar-refractivity contribution in [2.24, 2.45) is 0 Å². The smallest absolute Gasteiger partial charge is 0.255 e. The maximum absolute atomic E-state index is 12.8. The van der Waals surface area contributed by atoms with Crippen molar-refractivity contribution in [3.05, 3.63) is 53.6 Å². The van der Waals surface area contributed by atoms with Crippen molar-refractivity contribution in [2.75, 3.05) is 42.8 Å². The van der Waals surface area contributed by atoms with Crippen molar-refractivity contribution < 1.29 is 14.3 Å². The molecule has 0 atom stereocenters. The van der Waals surface area contributed by atoms with E-state index >= 15 is 0 Å². The van der Waals surface area contributed by atoms with Gasteiger partial charge in [0.2, 0.25) is 0 Å². The standard InChI is InChI=1S/C26H37N3O3S/c1-4-5-6-7-8-9-16-27-22-13-10-20(11-14-22)26(31)29-23-19-21(12-15-24(23)32-2)25(30)28-17-18-33-3/h10-15,19,27H,4-9,16-18H2,1-3H3,(H,28,30)(H,29,31). The molecule has 2 amide bonds. The van der Waals surface area contributed by atoms with Crippen LogP contribution in [-0.4, -0.2) is 44.0 Å². The Balaban J connectivity index is 1.91. The van der Waals surface area contributed by atoms with Gasteiger partial charge in [-0.05, 0) is 55.1 Å². The lowest BCUT2D eigenvalue weighted by Crippen LogP contribution is -2.25. The number of benzene rings is 2. The molecule has 0 unspecified atom stereocenters. The molecular formula is C26H37N3O3S. The summed E-state index contributed by atoms with van der Waals surface area (Å²) in [4.78, 5) is 25.1. The molecule has 180 valence electrons. The summed E-state index contributed by atoms with van der Waals surface area (Å²) in [6, 6.07) is 12.4. The fourth-order valence-electron chi connectivity index (χ4n) is 3.39. The van der Waals surface area contributed by atoms with Crippen LogP contribution in [-0.2, 0) is 0 Å². The first kappa shape index (κ1) is 26.6. The predicted molar refractivity (Wildman–Crippen MR) is 140 cm³/mol. The fourth-order valence-corrected chi connectivity index (χ4v) is 3.69. The van der Waals surface area contributed by atoms with Crippen molar-refractivity contribution in [1.29, 1.82) is 0 Å². The molecule has 33 heavy (non-hydrogen) atoms. The van der Waals surface area contributed by atoms with Crippen LogP contribution in [0.4, 0.5) is 11.4 Å². The van der Waals surface area contributed by atoms with Crippen LogP contribution in [0.5, 0.6) is 5.75 Å². The molecule has 0 bridgehead atoms. The quantitative estimate of drug-likeness (QED) is 0.286. The summed E-state index contributed by atoms with van der Waals surface area (Å²) in [5.41, 5.74) is 2.48. The molecule has 2 aromatic rings. The molecule has 6 nitrogen and oxygen atoms in total. The second-order valence-corrected chi connectivity index (χ2v) is 8.88. The van der Waals surface area contributed by atoms with E-state index in [0.29, 0.717) is 29.1 Å². The Hall–Kier alpha value is -2.67. The number of amides is 2. The van der Waals surface area contributed by atoms with Gasteiger partial charge in [0.1, 0.15) is 5.75 Å². The summed E-state index contributed by atoms with van der Waals surface area (Å²) < 4.78 is 5.36. The fraction of sp³-hybridized carbons (Fsp3) is 0.462. The van der Waals surface area contributed by atoms with Gasteiger partial charge in [-0.25, -0.2) is 0 Å². The monoisotopic (exact) mass is 471 g/mol. The molecule has 0 aliphatic heterocycles. The lowest BCUT2D eigenvalue weighted by Gasteiger charge is -2.13. The summed E-state index contributed by atoms with van der Waals surface area (Å²) in [6.07, 6.45) is 9.57. The summed E-state index contributed by atoms with van der Waals surface area (Å²) in [5.74, 6) is 0.912. The maximum Gasteiger partial charge on any atom is 0.255 e. The minimum atomic E-state index is -0.254. The average Bonchev–Trinajstić information content (AvgIpc) is 2.84. The number of nitrogens with one attached hydrogen (secondary N) is 3. The van der Waals surface area contributed by atoms with Crippen LogP contribution in [0.25, 0.3) is 0 Å². The first-order valence-electron chi connectivity index (χ1n) is 11.7. The number of anilines is 2. The number of hydrogen-bond acceptors (Lipinski definition) is 5. The van der Waals surface area contributed by atoms with E-state index in [-0.39, 0.29) is 11.8 Å². The minimum absolute atomic E-state index is 0.178. The topological polar surface area (TPSA) is 79.5 Å². The van der Waals surface area contributed by atoms with Gasteiger partial charge in [0, 0.05) is 35.7 Å². The Kier molecular flexibility index (Phi) is 12.3. The number of carbonyl (C=O) groups excluding carboxylic acids is 2. The van der Waals surface area contributed by atoms with E-state index in [1.165, 1.54) is 39.2 Å². The highest BCUT2D eigenvalue weighted by Gasteiger charge is 2.13. The number of methoxy groups -OCH3 is 1. The van der Waals surface area contributed by atoms with Gasteiger partial charge in [0.25, 0.3) is 11.8 Å². The molecule has 0 aliphatic carbocycles. The molecule has 2 rings (SSSR count). The third kappa shape index (κ3) is 9.38. The van der Waals surface area contributed by atoms with Gasteiger partial charge in [0.15, 0.2) is 0 Å². The summed E-state index contributed by atoms with van der Waals surface area (Å²) in [6.45, 7) is 3.75. The molecule has 0 saturated carbocycles. The molecule has 0 aromatic heterocycles. The minimum Gasteiger partial charge on any atom is -0.495 e. The summed E-state index contributed by atoms with van der Waals surface area (Å²) in [5, 5.41) is 9.15. The van der Waals surface area contributed by atoms with Gasteiger partial charge in [-0.2, -0.15) is 11.8 Å². The Labute approximate surface area is 202 Å². The SMILES string of the molecule is CCCCCCCCNc1ccc(C(=O)Nc2cc(C(=O)NCCSC)ccc2OC)cc1. The average molecular weight is 472 g/mol. The highest BCUT2D eigenvalue weighted by molar-refractivity contribution is 7.98. The predicted octanol–water partition coefficient (Wildman–Crippen LogP) is 5.81. The van der Waals surface area contributed by atoms with E-state index in [2.05, 4.69) is 22.9 Å². The first-order valence-corrected chi connectivity index (χ1v) is 13.1. The van der Waals surface area contributed by atoms with E-state index < -0.39 is 0 Å². The molecule has 0 saturated heterocycles. The second-order valence-electron chi connectivity index (χ2n) is 7.89. The Morgan fingerprint density at radius 3 is 2.27 bits per heavy atom. The van der Waals surface area contributed by atoms with Crippen LogP contribution >= 0.6 is 11.8 Å². The van der Waals surface area contributed by atoms with Crippen molar-refractivity contribution >= 4 is 35.0 Å². The molecule has 3 N–H and O–H groups in total. The largest absolute Gasteiger partial charge is 0.495 e.